The number of rotatable bonds is 1. The number of hydrogen-bond donors (Lipinski definition) is 0. The van der Waals surface area contributed by atoms with Gasteiger partial charge in [0.05, 0.1) is 5.03 Å². The van der Waals surface area contributed by atoms with Crippen molar-refractivity contribution in [3.05, 3.63) is 29.8 Å². The highest BCUT2D eigenvalue weighted by Gasteiger charge is 2.35. The lowest BCUT2D eigenvalue weighted by Gasteiger charge is -2.30. The molecule has 0 fully saturated rings. The fraction of sp³-hybridized carbons (Fsp3) is 0.400. The molecule has 0 spiro atoms. The van der Waals surface area contributed by atoms with Gasteiger partial charge in [-0.25, -0.2) is 0 Å². The minimum atomic E-state index is 0.0796. The van der Waals surface area contributed by atoms with Gasteiger partial charge in [-0.2, -0.15) is 0 Å². The lowest BCUT2D eigenvalue weighted by atomic mass is 9.80. The van der Waals surface area contributed by atoms with Gasteiger partial charge in [-0.3, -0.25) is 4.99 Å². The van der Waals surface area contributed by atoms with Crippen molar-refractivity contribution in [2.24, 2.45) is 12.0 Å². The maximum absolute atomic E-state index is 4.30. The monoisotopic (exact) mass is 258 g/mol. The van der Waals surface area contributed by atoms with Crippen LogP contribution < -0.4 is 0 Å². The number of benzene rings is 1. The second-order valence-corrected chi connectivity index (χ2v) is 6.24. The number of aliphatic imine (C=N–C) groups is 1. The Kier molecular flexibility index (Phi) is 2.74. The summed E-state index contributed by atoms with van der Waals surface area (Å²) in [4.78, 5) is 4.30. The molecule has 0 N–H and O–H groups in total. The summed E-state index contributed by atoms with van der Waals surface area (Å²) in [6.45, 7) is 2.31. The molecule has 1 aromatic carbocycles. The van der Waals surface area contributed by atoms with Crippen molar-refractivity contribution in [2.45, 2.75) is 23.8 Å². The first-order chi connectivity index (χ1) is 8.67. The summed E-state index contributed by atoms with van der Waals surface area (Å²) in [5.41, 5.74) is 2.87. The normalized spacial score (nSPS) is 23.7. The zero-order chi connectivity index (χ0) is 12.8. The van der Waals surface area contributed by atoms with E-state index in [0.29, 0.717) is 0 Å². The van der Waals surface area contributed by atoms with Crippen LogP contribution in [0.5, 0.6) is 0 Å². The van der Waals surface area contributed by atoms with Crippen LogP contribution in [0.25, 0.3) is 10.9 Å². The molecule has 94 valence electrons. The molecule has 0 radical (unpaired) electrons. The van der Waals surface area contributed by atoms with Gasteiger partial charge in [0.2, 0.25) is 0 Å². The molecular formula is C15H18N2S. The van der Waals surface area contributed by atoms with Crippen LogP contribution in [0.4, 0.5) is 0 Å². The predicted molar refractivity (Wildman–Crippen MR) is 80.0 cm³/mol. The van der Waals surface area contributed by atoms with Crippen LogP contribution in [-0.2, 0) is 12.5 Å². The summed E-state index contributed by atoms with van der Waals surface area (Å²) in [5.74, 6) is 1.17. The van der Waals surface area contributed by atoms with Gasteiger partial charge in [0.15, 0.2) is 0 Å². The molecule has 0 bridgehead atoms. The Morgan fingerprint density at radius 1 is 1.39 bits per heavy atom. The molecular weight excluding hydrogens is 240 g/mol. The lowest BCUT2D eigenvalue weighted by molar-refractivity contribution is 0.600. The minimum absolute atomic E-state index is 0.0796. The van der Waals surface area contributed by atoms with Gasteiger partial charge in [0.25, 0.3) is 0 Å². The van der Waals surface area contributed by atoms with E-state index in [4.69, 9.17) is 0 Å². The van der Waals surface area contributed by atoms with E-state index in [-0.39, 0.29) is 5.41 Å². The summed E-state index contributed by atoms with van der Waals surface area (Å²) in [6.07, 6.45) is 3.29. The van der Waals surface area contributed by atoms with E-state index in [1.54, 1.807) is 0 Å². The van der Waals surface area contributed by atoms with Crippen molar-refractivity contribution in [2.75, 3.05) is 12.8 Å². The maximum atomic E-state index is 4.30. The van der Waals surface area contributed by atoms with Crippen LogP contribution in [0.3, 0.4) is 0 Å². The first-order valence-electron chi connectivity index (χ1n) is 6.31. The van der Waals surface area contributed by atoms with Gasteiger partial charge in [0.1, 0.15) is 0 Å². The molecule has 1 aliphatic heterocycles. The SMILES string of the molecule is C/N=C\C1(C)CCSc2c1c1ccccc1n2C. The third-order valence-electron chi connectivity index (χ3n) is 3.90. The van der Waals surface area contributed by atoms with E-state index in [9.17, 15) is 0 Å². The number of nitrogens with zero attached hydrogens (tertiary/aromatic N) is 2. The molecule has 2 heterocycles. The molecule has 1 aliphatic rings. The van der Waals surface area contributed by atoms with Gasteiger partial charge in [-0.05, 0) is 12.5 Å². The first-order valence-corrected chi connectivity index (χ1v) is 7.30. The van der Waals surface area contributed by atoms with Crippen molar-refractivity contribution in [1.82, 2.24) is 4.57 Å². The summed E-state index contributed by atoms with van der Waals surface area (Å²) in [7, 11) is 4.04. The Morgan fingerprint density at radius 2 is 2.17 bits per heavy atom. The second-order valence-electron chi connectivity index (χ2n) is 5.16. The Morgan fingerprint density at radius 3 is 2.94 bits per heavy atom. The number of aryl methyl sites for hydroxylation is 1. The summed E-state index contributed by atoms with van der Waals surface area (Å²) in [5, 5.41) is 2.79. The Bertz CT molecular complexity index is 627. The summed E-state index contributed by atoms with van der Waals surface area (Å²) >= 11 is 1.97. The molecule has 3 heteroatoms. The van der Waals surface area contributed by atoms with Crippen molar-refractivity contribution < 1.29 is 0 Å². The topological polar surface area (TPSA) is 17.3 Å². The van der Waals surface area contributed by atoms with E-state index in [2.05, 4.69) is 54.0 Å². The van der Waals surface area contributed by atoms with E-state index >= 15 is 0 Å². The third-order valence-corrected chi connectivity index (χ3v) is 5.06. The maximum Gasteiger partial charge on any atom is 0.0798 e. The zero-order valence-corrected chi connectivity index (χ0v) is 11.9. The Balaban J connectivity index is 2.38. The third kappa shape index (κ3) is 1.53. The van der Waals surface area contributed by atoms with Crippen LogP contribution in [0.15, 0.2) is 34.3 Å². The van der Waals surface area contributed by atoms with E-state index < -0.39 is 0 Å². The van der Waals surface area contributed by atoms with Crippen molar-refractivity contribution in [1.29, 1.82) is 0 Å². The largest absolute Gasteiger partial charge is 0.339 e. The van der Waals surface area contributed by atoms with Gasteiger partial charge in [-0.15, -0.1) is 11.8 Å². The number of aromatic nitrogens is 1. The average Bonchev–Trinajstić information content (AvgIpc) is 2.66. The standard InChI is InChI=1S/C15H18N2S/c1-15(10-16-2)8-9-18-14-13(15)11-6-4-5-7-12(11)17(14)3/h4-7,10H,8-9H2,1-3H3/b16-10-. The highest BCUT2D eigenvalue weighted by Crippen LogP contribution is 2.45. The molecule has 0 saturated carbocycles. The molecule has 3 rings (SSSR count). The Hall–Kier alpha value is -1.22. The molecule has 0 amide bonds. The van der Waals surface area contributed by atoms with Crippen molar-refractivity contribution in [3.8, 4) is 0 Å². The summed E-state index contributed by atoms with van der Waals surface area (Å²) < 4.78 is 2.33. The van der Waals surface area contributed by atoms with Crippen LogP contribution >= 0.6 is 11.8 Å². The predicted octanol–water partition coefficient (Wildman–Crippen LogP) is 3.63. The first kappa shape index (κ1) is 11.8. The van der Waals surface area contributed by atoms with Gasteiger partial charge < -0.3 is 4.57 Å². The number of hydrogen-bond acceptors (Lipinski definition) is 2. The number of thioether (sulfide) groups is 1. The van der Waals surface area contributed by atoms with Gasteiger partial charge in [-0.1, -0.05) is 25.1 Å². The average molecular weight is 258 g/mol. The van der Waals surface area contributed by atoms with Crippen LogP contribution in [0.1, 0.15) is 18.9 Å². The molecule has 1 unspecified atom stereocenters. The minimum Gasteiger partial charge on any atom is -0.339 e. The van der Waals surface area contributed by atoms with Gasteiger partial charge >= 0.3 is 0 Å². The highest BCUT2D eigenvalue weighted by atomic mass is 32.2. The smallest absolute Gasteiger partial charge is 0.0798 e. The van der Waals surface area contributed by atoms with E-state index in [1.807, 2.05) is 18.8 Å². The molecule has 2 nitrogen and oxygen atoms in total. The fourth-order valence-electron chi connectivity index (χ4n) is 2.99. The van der Waals surface area contributed by atoms with Crippen molar-refractivity contribution in [3.63, 3.8) is 0 Å². The number of para-hydroxylation sites is 1. The zero-order valence-electron chi connectivity index (χ0n) is 11.1. The molecule has 1 aromatic heterocycles. The molecule has 0 aliphatic carbocycles. The van der Waals surface area contributed by atoms with Crippen LogP contribution in [-0.4, -0.2) is 23.6 Å². The van der Waals surface area contributed by atoms with Crippen molar-refractivity contribution >= 4 is 28.9 Å². The molecule has 1 atom stereocenters. The number of fused-ring (bicyclic) bond motifs is 3. The molecule has 0 saturated heterocycles. The molecule has 2 aromatic rings. The van der Waals surface area contributed by atoms with Crippen LogP contribution in [0.2, 0.25) is 0 Å². The summed E-state index contributed by atoms with van der Waals surface area (Å²) in [6, 6.07) is 8.69. The lowest BCUT2D eigenvalue weighted by Crippen LogP contribution is -2.28. The van der Waals surface area contributed by atoms with Crippen LogP contribution in [0, 0.1) is 0 Å². The van der Waals surface area contributed by atoms with Gasteiger partial charge in [0, 0.05) is 47.9 Å². The fourth-order valence-corrected chi connectivity index (χ4v) is 4.49. The Labute approximate surface area is 112 Å². The molecule has 18 heavy (non-hydrogen) atoms. The van der Waals surface area contributed by atoms with E-state index in [0.717, 1.165) is 6.42 Å². The quantitative estimate of drug-likeness (QED) is 0.714. The second kappa shape index (κ2) is 4.16. The van der Waals surface area contributed by atoms with E-state index in [1.165, 1.54) is 27.2 Å². The highest BCUT2D eigenvalue weighted by molar-refractivity contribution is 7.99.